The Morgan fingerprint density at radius 3 is 3.12 bits per heavy atom. The van der Waals surface area contributed by atoms with Gasteiger partial charge in [-0.3, -0.25) is 9.20 Å². The van der Waals surface area contributed by atoms with Gasteiger partial charge >= 0.3 is 0 Å². The zero-order valence-electron chi connectivity index (χ0n) is 13.8. The van der Waals surface area contributed by atoms with Crippen molar-refractivity contribution < 1.29 is 4.79 Å². The first-order valence-electron chi connectivity index (χ1n) is 8.08. The summed E-state index contributed by atoms with van der Waals surface area (Å²) in [5.74, 6) is 0.473. The highest BCUT2D eigenvalue weighted by molar-refractivity contribution is 5.94. The lowest BCUT2D eigenvalue weighted by Gasteiger charge is -2.06. The predicted molar refractivity (Wildman–Crippen MR) is 91.4 cm³/mol. The Kier molecular flexibility index (Phi) is 3.85. The molecule has 8 heteroatoms. The van der Waals surface area contributed by atoms with Gasteiger partial charge < -0.3 is 5.32 Å². The first-order chi connectivity index (χ1) is 12.2. The van der Waals surface area contributed by atoms with E-state index in [4.69, 9.17) is 0 Å². The number of aryl methyl sites for hydroxylation is 2. The number of hydrogen-bond donors (Lipinski definition) is 1. The average molecular weight is 335 g/mol. The Bertz CT molecular complexity index is 1050. The quantitative estimate of drug-likeness (QED) is 0.558. The first-order valence-corrected chi connectivity index (χ1v) is 8.08. The van der Waals surface area contributed by atoms with E-state index in [-0.39, 0.29) is 5.91 Å². The third-order valence-electron chi connectivity index (χ3n) is 4.04. The van der Waals surface area contributed by atoms with Gasteiger partial charge in [0.2, 0.25) is 0 Å². The van der Waals surface area contributed by atoms with Crippen LogP contribution in [0.25, 0.3) is 11.4 Å². The van der Waals surface area contributed by atoms with Crippen LogP contribution in [0.3, 0.4) is 0 Å². The molecule has 0 atom stereocenters. The number of rotatable bonds is 5. The number of hydrogen-bond acceptors (Lipinski definition) is 5. The van der Waals surface area contributed by atoms with Crippen LogP contribution in [0.15, 0.2) is 43.1 Å². The Morgan fingerprint density at radius 2 is 2.20 bits per heavy atom. The summed E-state index contributed by atoms with van der Waals surface area (Å²) in [6.45, 7) is 2.43. The maximum absolute atomic E-state index is 12.5. The molecule has 0 fully saturated rings. The number of imidazole rings is 1. The summed E-state index contributed by atoms with van der Waals surface area (Å²) >= 11 is 0. The number of nitrogens with one attached hydrogen (secondary N) is 1. The molecule has 0 saturated heterocycles. The van der Waals surface area contributed by atoms with E-state index in [9.17, 15) is 4.79 Å². The van der Waals surface area contributed by atoms with E-state index in [2.05, 4.69) is 25.4 Å². The van der Waals surface area contributed by atoms with E-state index < -0.39 is 0 Å². The van der Waals surface area contributed by atoms with Crippen LogP contribution < -0.4 is 5.32 Å². The highest BCUT2D eigenvalue weighted by Gasteiger charge is 2.15. The van der Waals surface area contributed by atoms with Gasteiger partial charge in [-0.25, -0.2) is 14.5 Å². The fourth-order valence-electron chi connectivity index (χ4n) is 2.85. The molecule has 0 spiro atoms. The summed E-state index contributed by atoms with van der Waals surface area (Å²) in [5, 5.41) is 7.04. The van der Waals surface area contributed by atoms with Gasteiger partial charge in [-0.2, -0.15) is 10.1 Å². The lowest BCUT2D eigenvalue weighted by atomic mass is 10.2. The number of carbonyl (C=O) groups is 1. The van der Waals surface area contributed by atoms with Gasteiger partial charge in [0.1, 0.15) is 17.7 Å². The number of aromatic nitrogens is 6. The van der Waals surface area contributed by atoms with E-state index in [0.29, 0.717) is 18.0 Å². The highest BCUT2D eigenvalue weighted by Crippen LogP contribution is 2.11. The normalized spacial score (nSPS) is 11.2. The van der Waals surface area contributed by atoms with Crippen molar-refractivity contribution in [3.63, 3.8) is 0 Å². The molecule has 0 aromatic carbocycles. The van der Waals surface area contributed by atoms with Crippen LogP contribution >= 0.6 is 0 Å². The molecular formula is C17H17N7O. The molecule has 126 valence electrons. The van der Waals surface area contributed by atoms with E-state index in [1.54, 1.807) is 10.7 Å². The average Bonchev–Trinajstić information content (AvgIpc) is 3.21. The van der Waals surface area contributed by atoms with Gasteiger partial charge in [0.25, 0.3) is 11.7 Å². The van der Waals surface area contributed by atoms with E-state index >= 15 is 0 Å². The molecule has 0 radical (unpaired) electrons. The van der Waals surface area contributed by atoms with Crippen LogP contribution in [-0.4, -0.2) is 41.4 Å². The zero-order valence-corrected chi connectivity index (χ0v) is 13.8. The SMILES string of the molecule is Cc1nc2ccccn2c1C(=O)NCCCc1cnc2ncnn2c1. The van der Waals surface area contributed by atoms with Crippen LogP contribution in [0.5, 0.6) is 0 Å². The molecule has 25 heavy (non-hydrogen) atoms. The van der Waals surface area contributed by atoms with Crippen molar-refractivity contribution in [2.45, 2.75) is 19.8 Å². The summed E-state index contributed by atoms with van der Waals surface area (Å²) in [4.78, 5) is 25.1. The number of amides is 1. The molecule has 4 aromatic rings. The van der Waals surface area contributed by atoms with Crippen LogP contribution in [0.2, 0.25) is 0 Å². The van der Waals surface area contributed by atoms with Gasteiger partial charge in [-0.1, -0.05) is 6.07 Å². The van der Waals surface area contributed by atoms with Crippen molar-refractivity contribution in [2.24, 2.45) is 0 Å². The molecule has 1 amide bonds. The Balaban J connectivity index is 1.37. The summed E-state index contributed by atoms with van der Waals surface area (Å²) < 4.78 is 3.46. The molecule has 4 rings (SSSR count). The second kappa shape index (κ2) is 6.31. The molecule has 0 unspecified atom stereocenters. The van der Waals surface area contributed by atoms with Crippen LogP contribution in [0.1, 0.15) is 28.2 Å². The third kappa shape index (κ3) is 2.93. The smallest absolute Gasteiger partial charge is 0.270 e. The van der Waals surface area contributed by atoms with Crippen molar-refractivity contribution in [2.75, 3.05) is 6.54 Å². The molecule has 8 nitrogen and oxygen atoms in total. The number of fused-ring (bicyclic) bond motifs is 2. The van der Waals surface area contributed by atoms with Gasteiger partial charge in [-0.05, 0) is 37.5 Å². The molecule has 0 saturated carbocycles. The molecule has 4 heterocycles. The Hall–Kier alpha value is -3.29. The maximum Gasteiger partial charge on any atom is 0.270 e. The summed E-state index contributed by atoms with van der Waals surface area (Å²) in [7, 11) is 0. The molecule has 0 aliphatic heterocycles. The molecular weight excluding hydrogens is 318 g/mol. The second-order valence-corrected chi connectivity index (χ2v) is 5.80. The number of nitrogens with zero attached hydrogens (tertiary/aromatic N) is 6. The Morgan fingerprint density at radius 1 is 1.28 bits per heavy atom. The van der Waals surface area contributed by atoms with Crippen molar-refractivity contribution in [3.05, 3.63) is 60.1 Å². The maximum atomic E-state index is 12.5. The van der Waals surface area contributed by atoms with E-state index in [1.165, 1.54) is 6.33 Å². The number of pyridine rings is 1. The van der Waals surface area contributed by atoms with E-state index in [0.717, 1.165) is 29.7 Å². The van der Waals surface area contributed by atoms with Crippen molar-refractivity contribution >= 4 is 17.3 Å². The third-order valence-corrected chi connectivity index (χ3v) is 4.04. The molecule has 0 aliphatic carbocycles. The monoisotopic (exact) mass is 335 g/mol. The minimum Gasteiger partial charge on any atom is -0.351 e. The van der Waals surface area contributed by atoms with Gasteiger partial charge in [0.05, 0.1) is 5.69 Å². The van der Waals surface area contributed by atoms with Gasteiger partial charge in [0, 0.05) is 25.1 Å². The molecule has 0 aliphatic rings. The topological polar surface area (TPSA) is 89.5 Å². The predicted octanol–water partition coefficient (Wildman–Crippen LogP) is 1.44. The lowest BCUT2D eigenvalue weighted by Crippen LogP contribution is -2.26. The van der Waals surface area contributed by atoms with Crippen molar-refractivity contribution in [3.8, 4) is 0 Å². The van der Waals surface area contributed by atoms with Gasteiger partial charge in [-0.15, -0.1) is 0 Å². The van der Waals surface area contributed by atoms with Gasteiger partial charge in [0.15, 0.2) is 0 Å². The minimum absolute atomic E-state index is 0.110. The lowest BCUT2D eigenvalue weighted by molar-refractivity contribution is 0.0946. The highest BCUT2D eigenvalue weighted by atomic mass is 16.1. The van der Waals surface area contributed by atoms with Crippen LogP contribution in [0.4, 0.5) is 0 Å². The second-order valence-electron chi connectivity index (χ2n) is 5.80. The fourth-order valence-corrected chi connectivity index (χ4v) is 2.85. The molecule has 0 bridgehead atoms. The van der Waals surface area contributed by atoms with Crippen LogP contribution in [0, 0.1) is 6.92 Å². The van der Waals surface area contributed by atoms with Crippen LogP contribution in [-0.2, 0) is 6.42 Å². The van der Waals surface area contributed by atoms with Crippen molar-refractivity contribution in [1.29, 1.82) is 0 Å². The number of carbonyl (C=O) groups excluding carboxylic acids is 1. The summed E-state index contributed by atoms with van der Waals surface area (Å²) in [5.41, 5.74) is 3.14. The molecule has 4 aromatic heterocycles. The zero-order chi connectivity index (χ0) is 17.2. The Labute approximate surface area is 143 Å². The van der Waals surface area contributed by atoms with Crippen molar-refractivity contribution in [1.82, 2.24) is 34.3 Å². The fraction of sp³-hybridized carbons (Fsp3) is 0.235. The molecule has 1 N–H and O–H groups in total. The first kappa shape index (κ1) is 15.3. The minimum atomic E-state index is -0.110. The summed E-state index contributed by atoms with van der Waals surface area (Å²) in [6.07, 6.45) is 8.64. The largest absolute Gasteiger partial charge is 0.351 e. The summed E-state index contributed by atoms with van der Waals surface area (Å²) in [6, 6.07) is 5.68. The van der Waals surface area contributed by atoms with E-state index in [1.807, 2.05) is 41.9 Å². The standard InChI is InChI=1S/C17H17N7O/c1-12-15(23-8-3-2-6-14(23)22-12)16(25)18-7-4-5-13-9-19-17-20-11-21-24(17)10-13/h2-3,6,8-11H,4-5,7H2,1H3,(H,18,25).